The van der Waals surface area contributed by atoms with Crippen molar-refractivity contribution in [3.63, 3.8) is 0 Å². The highest BCUT2D eigenvalue weighted by molar-refractivity contribution is 6.11. The lowest BCUT2D eigenvalue weighted by Gasteiger charge is -2.30. The van der Waals surface area contributed by atoms with Gasteiger partial charge in [0.25, 0.3) is 0 Å². The van der Waals surface area contributed by atoms with Gasteiger partial charge in [-0.15, -0.1) is 0 Å². The van der Waals surface area contributed by atoms with Crippen LogP contribution in [0.5, 0.6) is 0 Å². The van der Waals surface area contributed by atoms with Crippen molar-refractivity contribution >= 4 is 39.5 Å². The van der Waals surface area contributed by atoms with E-state index in [1.165, 1.54) is 7.11 Å². The molecule has 0 unspecified atom stereocenters. The molecule has 4 heterocycles. The summed E-state index contributed by atoms with van der Waals surface area (Å²) < 4.78 is 4.81. The Morgan fingerprint density at radius 3 is 1.65 bits per heavy atom. The number of aromatic nitrogens is 4. The summed E-state index contributed by atoms with van der Waals surface area (Å²) in [5.74, 6) is 1.43. The number of alkyl carbamates (subject to hydrolysis) is 1. The number of aromatic amines is 2. The van der Waals surface area contributed by atoms with Gasteiger partial charge in [-0.25, -0.2) is 14.8 Å². The standard InChI is InChI=1S/C49H49N7O4/c1-30(2)45(54-49(59)60-3)48(58)56-26-12-20-43(56)47-51-29-41(53-47)39-24-22-37(33-16-8-10-18-35(33)39)36-21-23-38(34-17-9-7-15-32(34)36)40-28-50-46(52-40)42-19-11-25-55(42)44(57)27-31-13-5-4-6-14-31/h4-10,13-18,21-24,28-30,42-43,45H,11-12,19-20,25-27H2,1-3H3,(H,50,52)(H,51,53)(H,54,59)/t42-,43-,45-/m0/s1. The molecule has 2 fully saturated rings. The van der Waals surface area contributed by atoms with Gasteiger partial charge in [-0.1, -0.05) is 117 Å². The first-order valence-corrected chi connectivity index (χ1v) is 20.9. The number of rotatable bonds is 10. The molecule has 11 nitrogen and oxygen atoms in total. The van der Waals surface area contributed by atoms with Gasteiger partial charge in [0.1, 0.15) is 17.7 Å². The Morgan fingerprint density at radius 2 is 1.13 bits per heavy atom. The van der Waals surface area contributed by atoms with Gasteiger partial charge in [-0.3, -0.25) is 9.59 Å². The molecule has 0 bridgehead atoms. The number of carbonyl (C=O) groups excluding carboxylic acids is 3. The lowest BCUT2D eigenvalue weighted by atomic mass is 9.89. The van der Waals surface area contributed by atoms with E-state index in [0.717, 1.165) is 105 Å². The fraction of sp³-hybridized carbons (Fsp3) is 0.286. The summed E-state index contributed by atoms with van der Waals surface area (Å²) in [7, 11) is 1.30. The molecule has 3 N–H and O–H groups in total. The summed E-state index contributed by atoms with van der Waals surface area (Å²) in [6.45, 7) is 5.15. The van der Waals surface area contributed by atoms with Crippen molar-refractivity contribution in [2.45, 2.75) is 64.1 Å². The van der Waals surface area contributed by atoms with E-state index < -0.39 is 12.1 Å². The van der Waals surface area contributed by atoms with E-state index in [-0.39, 0.29) is 29.8 Å². The van der Waals surface area contributed by atoms with Crippen molar-refractivity contribution in [2.24, 2.45) is 5.92 Å². The molecule has 3 atom stereocenters. The molecule has 0 saturated carbocycles. The number of nitrogens with one attached hydrogen (secondary N) is 3. The molecule has 304 valence electrons. The number of carbonyl (C=O) groups is 3. The second-order valence-electron chi connectivity index (χ2n) is 16.2. The molecular weight excluding hydrogens is 751 g/mol. The summed E-state index contributed by atoms with van der Waals surface area (Å²) in [5.41, 5.74) is 7.13. The van der Waals surface area contributed by atoms with Crippen LogP contribution in [0.25, 0.3) is 55.2 Å². The smallest absolute Gasteiger partial charge is 0.407 e. The van der Waals surface area contributed by atoms with E-state index in [9.17, 15) is 14.4 Å². The van der Waals surface area contributed by atoms with Crippen LogP contribution in [0, 0.1) is 5.92 Å². The van der Waals surface area contributed by atoms with Crippen LogP contribution in [-0.4, -0.2) is 73.9 Å². The molecule has 5 aromatic carbocycles. The van der Waals surface area contributed by atoms with E-state index in [4.69, 9.17) is 14.7 Å². The number of hydrogen-bond donors (Lipinski definition) is 3. The molecule has 9 rings (SSSR count). The largest absolute Gasteiger partial charge is 0.453 e. The van der Waals surface area contributed by atoms with Crippen LogP contribution < -0.4 is 5.32 Å². The van der Waals surface area contributed by atoms with E-state index >= 15 is 0 Å². The Labute approximate surface area is 349 Å². The molecule has 3 amide bonds. The number of methoxy groups -OCH3 is 1. The van der Waals surface area contributed by atoms with Crippen molar-refractivity contribution in [1.29, 1.82) is 0 Å². The second kappa shape index (κ2) is 16.5. The van der Waals surface area contributed by atoms with Crippen molar-refractivity contribution in [3.8, 4) is 33.6 Å². The fourth-order valence-corrected chi connectivity index (χ4v) is 9.24. The highest BCUT2D eigenvalue weighted by atomic mass is 16.5. The minimum atomic E-state index is -0.698. The summed E-state index contributed by atoms with van der Waals surface area (Å²) in [6.07, 6.45) is 6.97. The van der Waals surface area contributed by atoms with Gasteiger partial charge in [-0.2, -0.15) is 0 Å². The third-order valence-electron chi connectivity index (χ3n) is 12.2. The zero-order chi connectivity index (χ0) is 41.3. The summed E-state index contributed by atoms with van der Waals surface area (Å²) in [6, 6.07) is 34.6. The maximum absolute atomic E-state index is 13.8. The molecule has 2 saturated heterocycles. The van der Waals surface area contributed by atoms with Gasteiger partial charge in [-0.05, 0) is 69.8 Å². The number of fused-ring (bicyclic) bond motifs is 2. The quantitative estimate of drug-likeness (QED) is 0.126. The predicted molar refractivity (Wildman–Crippen MR) is 234 cm³/mol. The van der Waals surface area contributed by atoms with Gasteiger partial charge < -0.3 is 29.8 Å². The number of imidazole rings is 2. The molecule has 0 aliphatic carbocycles. The first-order valence-electron chi connectivity index (χ1n) is 20.9. The van der Waals surface area contributed by atoms with Crippen molar-refractivity contribution in [1.82, 2.24) is 35.1 Å². The maximum atomic E-state index is 13.8. The topological polar surface area (TPSA) is 136 Å². The lowest BCUT2D eigenvalue weighted by molar-refractivity contribution is -0.135. The first-order chi connectivity index (χ1) is 29.3. The monoisotopic (exact) mass is 799 g/mol. The number of benzene rings is 5. The SMILES string of the molecule is COC(=O)N[C@H](C(=O)N1CCC[C@H]1c1ncc(-c2ccc(-c3ccc(-c4cnc([C@@H]5CCCN5C(=O)Cc5ccccc5)[nH]4)c4ccccc34)c3ccccc23)[nH]1)C(C)C. The van der Waals surface area contributed by atoms with Crippen molar-refractivity contribution < 1.29 is 19.1 Å². The van der Waals surface area contributed by atoms with Crippen molar-refractivity contribution in [2.75, 3.05) is 20.2 Å². The minimum absolute atomic E-state index is 0.0801. The molecule has 0 radical (unpaired) electrons. The number of ether oxygens (including phenoxy) is 1. The molecule has 7 aromatic rings. The predicted octanol–water partition coefficient (Wildman–Crippen LogP) is 9.39. The van der Waals surface area contributed by atoms with Crippen molar-refractivity contribution in [3.05, 3.63) is 133 Å². The molecule has 2 aliphatic heterocycles. The Morgan fingerprint density at radius 1 is 0.667 bits per heavy atom. The molecule has 60 heavy (non-hydrogen) atoms. The molecular formula is C49H49N7O4. The minimum Gasteiger partial charge on any atom is -0.453 e. The molecule has 2 aromatic heterocycles. The molecule has 0 spiro atoms. The van der Waals surface area contributed by atoms with Crippen LogP contribution >= 0.6 is 0 Å². The van der Waals surface area contributed by atoms with E-state index in [2.05, 4.69) is 88.1 Å². The number of hydrogen-bond acceptors (Lipinski definition) is 6. The number of nitrogens with zero attached hydrogens (tertiary/aromatic N) is 4. The summed E-state index contributed by atoms with van der Waals surface area (Å²) in [5, 5.41) is 7.16. The van der Waals surface area contributed by atoms with Crippen LogP contribution in [-0.2, 0) is 20.7 Å². The average Bonchev–Trinajstić information content (AvgIpc) is 4.12. The average molecular weight is 800 g/mol. The van der Waals surface area contributed by atoms with E-state index in [1.807, 2.05) is 66.4 Å². The lowest BCUT2D eigenvalue weighted by Crippen LogP contribution is -2.51. The Hall–Kier alpha value is -6.75. The van der Waals surface area contributed by atoms with Gasteiger partial charge in [0.05, 0.1) is 49.4 Å². The van der Waals surface area contributed by atoms with Gasteiger partial charge >= 0.3 is 6.09 Å². The fourth-order valence-electron chi connectivity index (χ4n) is 9.24. The number of H-pyrrole nitrogens is 2. The molecule has 2 aliphatic rings. The second-order valence-corrected chi connectivity index (χ2v) is 16.2. The zero-order valence-corrected chi connectivity index (χ0v) is 34.2. The number of likely N-dealkylation sites (tertiary alicyclic amines) is 2. The Kier molecular flexibility index (Phi) is 10.6. The van der Waals surface area contributed by atoms with Crippen LogP contribution in [0.1, 0.15) is 68.8 Å². The summed E-state index contributed by atoms with van der Waals surface area (Å²) in [4.78, 5) is 60.0. The van der Waals surface area contributed by atoms with Crippen LogP contribution in [0.2, 0.25) is 0 Å². The van der Waals surface area contributed by atoms with Gasteiger partial charge in [0.2, 0.25) is 11.8 Å². The normalized spacial score (nSPS) is 17.1. The van der Waals surface area contributed by atoms with E-state index in [1.54, 1.807) is 0 Å². The molecule has 11 heteroatoms. The zero-order valence-electron chi connectivity index (χ0n) is 34.2. The van der Waals surface area contributed by atoms with Gasteiger partial charge in [0, 0.05) is 24.2 Å². The highest BCUT2D eigenvalue weighted by Crippen LogP contribution is 2.42. The Balaban J connectivity index is 1.00. The van der Waals surface area contributed by atoms with Crippen LogP contribution in [0.4, 0.5) is 4.79 Å². The first kappa shape index (κ1) is 38.8. The number of amides is 3. The summed E-state index contributed by atoms with van der Waals surface area (Å²) >= 11 is 0. The van der Waals surface area contributed by atoms with E-state index in [0.29, 0.717) is 13.0 Å². The Bertz CT molecular complexity index is 2700. The highest BCUT2D eigenvalue weighted by Gasteiger charge is 2.38. The third-order valence-corrected chi connectivity index (χ3v) is 12.2. The van der Waals surface area contributed by atoms with Crippen LogP contribution in [0.15, 0.2) is 116 Å². The maximum Gasteiger partial charge on any atom is 0.407 e. The third kappa shape index (κ3) is 7.29. The van der Waals surface area contributed by atoms with Gasteiger partial charge in [0.15, 0.2) is 0 Å². The van der Waals surface area contributed by atoms with Crippen LogP contribution in [0.3, 0.4) is 0 Å².